The molecule has 8 unspecified atom stereocenters. The monoisotopic (exact) mass is 424 g/mol. The first-order valence-corrected chi connectivity index (χ1v) is 10.0. The summed E-state index contributed by atoms with van der Waals surface area (Å²) in [5.41, 5.74) is 10.6. The lowest BCUT2D eigenvalue weighted by Gasteiger charge is -2.32. The van der Waals surface area contributed by atoms with Gasteiger partial charge in [0.1, 0.15) is 6.10 Å². The van der Waals surface area contributed by atoms with E-state index in [1.165, 1.54) is 0 Å². The topological polar surface area (TPSA) is 181 Å². The molecule has 29 heavy (non-hydrogen) atoms. The van der Waals surface area contributed by atoms with Gasteiger partial charge in [-0.25, -0.2) is 0 Å². The van der Waals surface area contributed by atoms with Crippen LogP contribution in [0.25, 0.3) is 0 Å². The molecule has 9 N–H and O–H groups in total. The van der Waals surface area contributed by atoms with Crippen molar-refractivity contribution in [1.29, 1.82) is 0 Å². The van der Waals surface area contributed by atoms with Crippen LogP contribution in [0.3, 0.4) is 0 Å². The fraction of sp³-hybridized carbons (Fsp3) is 1.00. The summed E-state index contributed by atoms with van der Waals surface area (Å²) in [6, 6.07) is -2.33. The van der Waals surface area contributed by atoms with Crippen molar-refractivity contribution in [3.8, 4) is 0 Å². The average Bonchev–Trinajstić information content (AvgIpc) is 2.97. The van der Waals surface area contributed by atoms with E-state index in [0.717, 1.165) is 6.42 Å². The highest BCUT2D eigenvalue weighted by Gasteiger charge is 2.40. The molecule has 1 fully saturated rings. The second-order valence-electron chi connectivity index (χ2n) is 9.33. The number of aliphatic hydroxyl groups excluding tert-OH is 5. The molecule has 0 radical (unpaired) electrons. The van der Waals surface area contributed by atoms with Crippen LogP contribution < -0.4 is 11.5 Å². The maximum absolute atomic E-state index is 10.3. The van der Waals surface area contributed by atoms with E-state index in [2.05, 4.69) is 0 Å². The van der Waals surface area contributed by atoms with Gasteiger partial charge in [-0.2, -0.15) is 0 Å². The van der Waals surface area contributed by atoms with E-state index in [4.69, 9.17) is 25.7 Å². The molecule has 0 aromatic heterocycles. The maximum Gasteiger partial charge on any atom is 0.173 e. The van der Waals surface area contributed by atoms with E-state index in [1.807, 2.05) is 13.8 Å². The van der Waals surface area contributed by atoms with Crippen LogP contribution in [0.1, 0.15) is 53.9 Å². The maximum atomic E-state index is 10.3. The highest BCUT2D eigenvalue weighted by molar-refractivity contribution is 4.90. The van der Waals surface area contributed by atoms with Gasteiger partial charge >= 0.3 is 0 Å². The number of hydrogen-bond acceptors (Lipinski definition) is 10. The zero-order chi connectivity index (χ0) is 22.6. The lowest BCUT2D eigenvalue weighted by molar-refractivity contribution is -0.196. The zero-order valence-corrected chi connectivity index (χ0v) is 18.1. The summed E-state index contributed by atoms with van der Waals surface area (Å²) in [4.78, 5) is 0. The summed E-state index contributed by atoms with van der Waals surface area (Å²) in [6.45, 7) is 8.83. The summed E-state index contributed by atoms with van der Waals surface area (Å²) >= 11 is 0. The molecule has 1 rings (SSSR count). The molecule has 8 atom stereocenters. The first-order chi connectivity index (χ1) is 13.1. The third kappa shape index (κ3) is 8.70. The van der Waals surface area contributed by atoms with Crippen molar-refractivity contribution in [2.24, 2.45) is 11.5 Å². The summed E-state index contributed by atoms with van der Waals surface area (Å²) in [5, 5.41) is 50.4. The van der Waals surface area contributed by atoms with Crippen molar-refractivity contribution < 1.29 is 39.7 Å². The number of nitrogens with two attached hydrogens (primary N) is 2. The molecular weight excluding hydrogens is 384 g/mol. The smallest absolute Gasteiger partial charge is 0.173 e. The van der Waals surface area contributed by atoms with Gasteiger partial charge < -0.3 is 51.2 Å². The standard InChI is InChI=1S/C19H40N2O8/c1-18(2,3)29-17(26)12(20)14(23)10(22)7-9-27-16(25)13(21)15(24)11-6-8-19(4,5)28-11/h10-17,22-26H,6-9,20-21H2,1-5H3. The third-order valence-corrected chi connectivity index (χ3v) is 4.90. The highest BCUT2D eigenvalue weighted by Crippen LogP contribution is 2.31. The SMILES string of the molecule is CC(C)(C)OC(O)C(N)C(O)C(O)CCOC(O)C(N)C(O)C1CCC(C)(C)O1. The number of aliphatic hydroxyl groups is 5. The molecule has 0 aliphatic carbocycles. The molecule has 10 nitrogen and oxygen atoms in total. The largest absolute Gasteiger partial charge is 0.390 e. The predicted molar refractivity (Wildman–Crippen MR) is 106 cm³/mol. The van der Waals surface area contributed by atoms with Crippen molar-refractivity contribution in [1.82, 2.24) is 0 Å². The quantitative estimate of drug-likeness (QED) is 0.194. The van der Waals surface area contributed by atoms with Gasteiger partial charge in [0.15, 0.2) is 12.6 Å². The molecule has 174 valence electrons. The Labute approximate surface area is 172 Å². The van der Waals surface area contributed by atoms with Crippen molar-refractivity contribution in [3.63, 3.8) is 0 Å². The van der Waals surface area contributed by atoms with Crippen molar-refractivity contribution in [3.05, 3.63) is 0 Å². The lowest BCUT2D eigenvalue weighted by atomic mass is 10.0. The van der Waals surface area contributed by atoms with Crippen LogP contribution >= 0.6 is 0 Å². The fourth-order valence-electron chi connectivity index (χ4n) is 3.13. The van der Waals surface area contributed by atoms with E-state index in [0.29, 0.717) is 6.42 Å². The molecule has 0 saturated carbocycles. The van der Waals surface area contributed by atoms with E-state index in [1.54, 1.807) is 20.8 Å². The van der Waals surface area contributed by atoms with Crippen LogP contribution in [0, 0.1) is 0 Å². The van der Waals surface area contributed by atoms with E-state index < -0.39 is 54.7 Å². The van der Waals surface area contributed by atoms with E-state index in [-0.39, 0.29) is 18.6 Å². The van der Waals surface area contributed by atoms with Crippen LogP contribution in [0.2, 0.25) is 0 Å². The summed E-state index contributed by atoms with van der Waals surface area (Å²) in [6.07, 6.45) is -6.03. The number of rotatable bonds is 11. The molecule has 1 heterocycles. The van der Waals surface area contributed by atoms with Crippen LogP contribution in [0.15, 0.2) is 0 Å². The van der Waals surface area contributed by atoms with Gasteiger partial charge in [-0.05, 0) is 53.9 Å². The Bertz CT molecular complexity index is 487. The Morgan fingerprint density at radius 3 is 2.10 bits per heavy atom. The second kappa shape index (κ2) is 10.8. The van der Waals surface area contributed by atoms with Gasteiger partial charge in [-0.3, -0.25) is 0 Å². The molecule has 10 heteroatoms. The van der Waals surface area contributed by atoms with E-state index in [9.17, 15) is 25.5 Å². The summed E-state index contributed by atoms with van der Waals surface area (Å²) in [7, 11) is 0. The molecule has 1 aliphatic heterocycles. The minimum absolute atomic E-state index is 0.0794. The molecule has 0 aromatic carbocycles. The molecular formula is C19H40N2O8. The molecule has 0 bridgehead atoms. The van der Waals surface area contributed by atoms with Gasteiger partial charge in [0.2, 0.25) is 0 Å². The predicted octanol–water partition coefficient (Wildman–Crippen LogP) is -1.46. The van der Waals surface area contributed by atoms with Gasteiger partial charge in [0.05, 0.1) is 48.2 Å². The molecule has 0 spiro atoms. The lowest BCUT2D eigenvalue weighted by Crippen LogP contribution is -2.53. The summed E-state index contributed by atoms with van der Waals surface area (Å²) in [5.74, 6) is 0. The van der Waals surface area contributed by atoms with Gasteiger partial charge in [-0.1, -0.05) is 0 Å². The fourth-order valence-corrected chi connectivity index (χ4v) is 3.13. The number of ether oxygens (including phenoxy) is 3. The Morgan fingerprint density at radius 1 is 1.03 bits per heavy atom. The van der Waals surface area contributed by atoms with Crippen LogP contribution in [-0.4, -0.2) is 92.4 Å². The van der Waals surface area contributed by atoms with Gasteiger partial charge in [0, 0.05) is 0 Å². The van der Waals surface area contributed by atoms with Gasteiger partial charge in [-0.15, -0.1) is 0 Å². The minimum atomic E-state index is -1.48. The van der Waals surface area contributed by atoms with Crippen molar-refractivity contribution in [2.75, 3.05) is 6.61 Å². The Morgan fingerprint density at radius 2 is 1.62 bits per heavy atom. The van der Waals surface area contributed by atoms with Crippen molar-refractivity contribution >= 4 is 0 Å². The van der Waals surface area contributed by atoms with Crippen LogP contribution in [-0.2, 0) is 14.2 Å². The molecule has 1 aliphatic rings. The van der Waals surface area contributed by atoms with Crippen molar-refractivity contribution in [2.45, 2.75) is 114 Å². The molecule has 0 amide bonds. The average molecular weight is 425 g/mol. The normalized spacial score (nSPS) is 27.1. The van der Waals surface area contributed by atoms with Crippen LogP contribution in [0.5, 0.6) is 0 Å². The zero-order valence-electron chi connectivity index (χ0n) is 18.1. The second-order valence-corrected chi connectivity index (χ2v) is 9.33. The molecule has 1 saturated heterocycles. The minimum Gasteiger partial charge on any atom is -0.390 e. The van der Waals surface area contributed by atoms with Gasteiger partial charge in [0.25, 0.3) is 0 Å². The first-order valence-electron chi connectivity index (χ1n) is 10.0. The van der Waals surface area contributed by atoms with Crippen LogP contribution in [0.4, 0.5) is 0 Å². The third-order valence-electron chi connectivity index (χ3n) is 4.90. The highest BCUT2D eigenvalue weighted by atomic mass is 16.6. The first kappa shape index (κ1) is 26.6. The Balaban J connectivity index is 2.41. The Hall–Kier alpha value is -0.400. The Kier molecular flexibility index (Phi) is 9.88. The van der Waals surface area contributed by atoms with E-state index >= 15 is 0 Å². The number of hydrogen-bond donors (Lipinski definition) is 7. The summed E-state index contributed by atoms with van der Waals surface area (Å²) < 4.78 is 16.2. The molecule has 0 aromatic rings.